The molecule has 29 heavy (non-hydrogen) atoms. The molecule has 0 saturated heterocycles. The number of allylic oxidation sites excluding steroid dienone is 1. The van der Waals surface area contributed by atoms with Crippen LogP contribution in [0, 0.1) is 46.8 Å². The molecule has 0 aromatic rings. The molecule has 0 aromatic carbocycles. The fraction of sp³-hybridized carbons (Fsp3) is 0.857. The first-order valence-corrected chi connectivity index (χ1v) is 12.6. The molecular weight excluding hydrogens is 352 g/mol. The summed E-state index contributed by atoms with van der Waals surface area (Å²) in [6.45, 7) is 9.70. The number of fused-ring (bicyclic) bond motifs is 1. The summed E-state index contributed by atoms with van der Waals surface area (Å²) in [5.41, 5.74) is 2.33. The zero-order valence-electron chi connectivity index (χ0n) is 19.7. The molecule has 1 nitrogen and oxygen atoms in total. The first-order chi connectivity index (χ1) is 13.8. The summed E-state index contributed by atoms with van der Waals surface area (Å²) < 4.78 is 0. The number of aliphatic hydroxyl groups is 1. The minimum atomic E-state index is -0.105. The van der Waals surface area contributed by atoms with Crippen molar-refractivity contribution in [3.8, 4) is 12.3 Å². The monoisotopic (exact) mass is 398 g/mol. The predicted molar refractivity (Wildman–Crippen MR) is 124 cm³/mol. The third kappa shape index (κ3) is 5.12. The average Bonchev–Trinajstić information content (AvgIpc) is 3.05. The number of hydrogen-bond donors (Lipinski definition) is 1. The van der Waals surface area contributed by atoms with Crippen LogP contribution in [0.3, 0.4) is 0 Å². The molecule has 3 aliphatic carbocycles. The van der Waals surface area contributed by atoms with Gasteiger partial charge in [-0.1, -0.05) is 58.6 Å². The van der Waals surface area contributed by atoms with Crippen LogP contribution in [0.1, 0.15) is 111 Å². The summed E-state index contributed by atoms with van der Waals surface area (Å²) in [5.74, 6) is 6.00. The molecule has 0 aliphatic heterocycles. The van der Waals surface area contributed by atoms with Crippen LogP contribution in [0.25, 0.3) is 0 Å². The topological polar surface area (TPSA) is 20.2 Å². The van der Waals surface area contributed by atoms with Crippen LogP contribution >= 0.6 is 0 Å². The maximum Gasteiger partial charge on any atom is 0.0577 e. The SMILES string of the molecule is C#C[C@H](CCCC(C)C)[C@H]1CCCC1(C)CCC1CCC=C2CC(O)CCC21C. The van der Waals surface area contributed by atoms with E-state index in [2.05, 4.69) is 39.7 Å². The summed E-state index contributed by atoms with van der Waals surface area (Å²) >= 11 is 0. The van der Waals surface area contributed by atoms with Crippen molar-refractivity contribution in [2.75, 3.05) is 0 Å². The first kappa shape index (κ1) is 22.9. The highest BCUT2D eigenvalue weighted by atomic mass is 16.3. The molecule has 3 rings (SSSR count). The first-order valence-electron chi connectivity index (χ1n) is 12.6. The van der Waals surface area contributed by atoms with Crippen LogP contribution in [0.4, 0.5) is 0 Å². The van der Waals surface area contributed by atoms with Gasteiger partial charge in [0, 0.05) is 5.92 Å². The molecule has 0 spiro atoms. The smallest absolute Gasteiger partial charge is 0.0577 e. The summed E-state index contributed by atoms with van der Waals surface area (Å²) in [4.78, 5) is 0. The third-order valence-electron chi connectivity index (χ3n) is 9.21. The predicted octanol–water partition coefficient (Wildman–Crippen LogP) is 7.54. The summed E-state index contributed by atoms with van der Waals surface area (Å²) in [5, 5.41) is 10.2. The second-order valence-electron chi connectivity index (χ2n) is 11.6. The van der Waals surface area contributed by atoms with E-state index in [-0.39, 0.29) is 6.10 Å². The summed E-state index contributed by atoms with van der Waals surface area (Å²) in [6.07, 6.45) is 24.6. The number of terminal acetylenes is 1. The molecule has 2 saturated carbocycles. The molecule has 0 aromatic heterocycles. The number of hydrogen-bond acceptors (Lipinski definition) is 1. The van der Waals surface area contributed by atoms with Crippen molar-refractivity contribution in [2.24, 2.45) is 34.5 Å². The van der Waals surface area contributed by atoms with Gasteiger partial charge < -0.3 is 5.11 Å². The van der Waals surface area contributed by atoms with Crippen molar-refractivity contribution in [2.45, 2.75) is 117 Å². The Morgan fingerprint density at radius 3 is 2.69 bits per heavy atom. The molecule has 1 heteroatoms. The molecule has 4 unspecified atom stereocenters. The standard InChI is InChI=1S/C28H46O/c1-6-22(11-7-10-21(2)3)26-14-9-17-27(26,4)18-15-23-12-8-13-24-20-25(29)16-19-28(23,24)5/h1,13,21-23,25-26,29H,7-12,14-20H2,2-5H3/t22-,23?,25?,26-,27?,28?/m1/s1. The zero-order chi connectivity index (χ0) is 21.1. The Hall–Kier alpha value is -0.740. The minimum Gasteiger partial charge on any atom is -0.393 e. The molecule has 2 fully saturated rings. The maximum atomic E-state index is 10.2. The highest BCUT2D eigenvalue weighted by Crippen LogP contribution is 2.56. The normalized spacial score (nSPS) is 38.4. The number of rotatable bonds is 8. The van der Waals surface area contributed by atoms with Gasteiger partial charge in [-0.15, -0.1) is 12.3 Å². The highest BCUT2D eigenvalue weighted by molar-refractivity contribution is 5.22. The molecule has 0 radical (unpaired) electrons. The van der Waals surface area contributed by atoms with Gasteiger partial charge in [0.1, 0.15) is 0 Å². The Kier molecular flexibility index (Phi) is 7.59. The summed E-state index contributed by atoms with van der Waals surface area (Å²) in [7, 11) is 0. The molecule has 0 heterocycles. The van der Waals surface area contributed by atoms with Gasteiger partial charge in [0.25, 0.3) is 0 Å². The fourth-order valence-electron chi connectivity index (χ4n) is 7.15. The van der Waals surface area contributed by atoms with Gasteiger partial charge in [0.15, 0.2) is 0 Å². The quantitative estimate of drug-likeness (QED) is 0.331. The van der Waals surface area contributed by atoms with E-state index in [1.807, 2.05) is 0 Å². The molecule has 3 aliphatic rings. The molecule has 0 amide bonds. The van der Waals surface area contributed by atoms with E-state index in [9.17, 15) is 5.11 Å². The Morgan fingerprint density at radius 1 is 1.17 bits per heavy atom. The van der Waals surface area contributed by atoms with Crippen LogP contribution in [-0.2, 0) is 0 Å². The lowest BCUT2D eigenvalue weighted by Gasteiger charge is -2.48. The lowest BCUT2D eigenvalue weighted by molar-refractivity contribution is 0.0595. The molecular formula is C28H46O. The van der Waals surface area contributed by atoms with Gasteiger partial charge >= 0.3 is 0 Å². The largest absolute Gasteiger partial charge is 0.393 e. The molecule has 1 N–H and O–H groups in total. The van der Waals surface area contributed by atoms with Crippen LogP contribution in [0.2, 0.25) is 0 Å². The van der Waals surface area contributed by atoms with E-state index in [1.165, 1.54) is 70.6 Å². The van der Waals surface area contributed by atoms with E-state index in [1.54, 1.807) is 5.57 Å². The van der Waals surface area contributed by atoms with Crippen LogP contribution in [-0.4, -0.2) is 11.2 Å². The van der Waals surface area contributed by atoms with Gasteiger partial charge in [-0.3, -0.25) is 0 Å². The van der Waals surface area contributed by atoms with E-state index >= 15 is 0 Å². The van der Waals surface area contributed by atoms with Crippen molar-refractivity contribution in [1.82, 2.24) is 0 Å². The molecule has 6 atom stereocenters. The van der Waals surface area contributed by atoms with Crippen LogP contribution in [0.5, 0.6) is 0 Å². The summed E-state index contributed by atoms with van der Waals surface area (Å²) in [6, 6.07) is 0. The minimum absolute atomic E-state index is 0.105. The molecule has 164 valence electrons. The van der Waals surface area contributed by atoms with E-state index in [0.717, 1.165) is 30.6 Å². The maximum absolute atomic E-state index is 10.2. The van der Waals surface area contributed by atoms with Crippen molar-refractivity contribution in [3.63, 3.8) is 0 Å². The van der Waals surface area contributed by atoms with Gasteiger partial charge in [0.2, 0.25) is 0 Å². The van der Waals surface area contributed by atoms with Crippen molar-refractivity contribution < 1.29 is 5.11 Å². The van der Waals surface area contributed by atoms with Gasteiger partial charge in [0.05, 0.1) is 6.10 Å². The van der Waals surface area contributed by atoms with E-state index in [4.69, 9.17) is 6.42 Å². The molecule has 0 bridgehead atoms. The Morgan fingerprint density at radius 2 is 1.97 bits per heavy atom. The van der Waals surface area contributed by atoms with Gasteiger partial charge in [-0.25, -0.2) is 0 Å². The van der Waals surface area contributed by atoms with Crippen LogP contribution < -0.4 is 0 Å². The fourth-order valence-corrected chi connectivity index (χ4v) is 7.15. The van der Waals surface area contributed by atoms with Gasteiger partial charge in [-0.2, -0.15) is 0 Å². The Bertz CT molecular complexity index is 610. The lowest BCUT2D eigenvalue weighted by atomic mass is 9.57. The second kappa shape index (κ2) is 9.60. The Labute approximate surface area is 181 Å². The zero-order valence-corrected chi connectivity index (χ0v) is 19.7. The number of aliphatic hydroxyl groups excluding tert-OH is 1. The highest BCUT2D eigenvalue weighted by Gasteiger charge is 2.46. The van der Waals surface area contributed by atoms with Crippen molar-refractivity contribution in [1.29, 1.82) is 0 Å². The van der Waals surface area contributed by atoms with Crippen molar-refractivity contribution >= 4 is 0 Å². The third-order valence-corrected chi connectivity index (χ3v) is 9.21. The van der Waals surface area contributed by atoms with E-state index in [0.29, 0.717) is 16.7 Å². The van der Waals surface area contributed by atoms with Gasteiger partial charge in [-0.05, 0) is 92.8 Å². The second-order valence-corrected chi connectivity index (χ2v) is 11.6. The van der Waals surface area contributed by atoms with E-state index < -0.39 is 0 Å². The average molecular weight is 399 g/mol. The van der Waals surface area contributed by atoms with Crippen LogP contribution in [0.15, 0.2) is 11.6 Å². The lowest BCUT2D eigenvalue weighted by Crippen LogP contribution is -2.39. The van der Waals surface area contributed by atoms with Crippen molar-refractivity contribution in [3.05, 3.63) is 11.6 Å². The Balaban J connectivity index is 1.62.